The normalized spacial score (nSPS) is 15.9. The first-order valence-corrected chi connectivity index (χ1v) is 6.17. The zero-order valence-electron chi connectivity index (χ0n) is 11.6. The van der Waals surface area contributed by atoms with Crippen molar-refractivity contribution < 1.29 is 0 Å². The highest BCUT2D eigenvalue weighted by Crippen LogP contribution is 2.25. The summed E-state index contributed by atoms with van der Waals surface area (Å²) in [5.74, 6) is 0. The van der Waals surface area contributed by atoms with Crippen LogP contribution >= 0.6 is 0 Å². The van der Waals surface area contributed by atoms with Gasteiger partial charge >= 0.3 is 0 Å². The Morgan fingerprint density at radius 2 is 1.82 bits per heavy atom. The number of hydrogen-bond donors (Lipinski definition) is 1. The van der Waals surface area contributed by atoms with E-state index in [2.05, 4.69) is 44.6 Å². The maximum Gasteiger partial charge on any atom is 0.0494 e. The van der Waals surface area contributed by atoms with Gasteiger partial charge in [0.2, 0.25) is 0 Å². The van der Waals surface area contributed by atoms with E-state index >= 15 is 0 Å². The van der Waals surface area contributed by atoms with Gasteiger partial charge in [-0.1, -0.05) is 20.8 Å². The van der Waals surface area contributed by atoms with Gasteiger partial charge in [0.05, 0.1) is 0 Å². The highest BCUT2D eigenvalue weighted by atomic mass is 15.1. The molecule has 3 heteroatoms. The Labute approximate surface area is 105 Å². The van der Waals surface area contributed by atoms with Crippen LogP contribution in [-0.2, 0) is 0 Å². The first kappa shape index (κ1) is 14.1. The third-order valence-electron chi connectivity index (χ3n) is 2.74. The molecule has 0 fully saturated rings. The lowest BCUT2D eigenvalue weighted by Gasteiger charge is -2.35. The van der Waals surface area contributed by atoms with Crippen molar-refractivity contribution in [3.05, 3.63) is 30.1 Å². The summed E-state index contributed by atoms with van der Waals surface area (Å²) in [7, 11) is 2.14. The number of pyridine rings is 1. The summed E-state index contributed by atoms with van der Waals surface area (Å²) in [6.07, 6.45) is 3.66. The summed E-state index contributed by atoms with van der Waals surface area (Å²) in [5.41, 5.74) is 7.64. The molecule has 1 heterocycles. The summed E-state index contributed by atoms with van der Waals surface area (Å²) in [6.45, 7) is 9.81. The predicted octanol–water partition coefficient (Wildman–Crippen LogP) is 2.45. The van der Waals surface area contributed by atoms with Gasteiger partial charge in [-0.25, -0.2) is 0 Å². The van der Waals surface area contributed by atoms with Crippen LogP contribution in [0.2, 0.25) is 0 Å². The zero-order valence-corrected chi connectivity index (χ0v) is 11.6. The van der Waals surface area contributed by atoms with E-state index in [1.165, 1.54) is 5.56 Å². The second-order valence-electron chi connectivity index (χ2n) is 6.06. The topological polar surface area (TPSA) is 42.1 Å². The van der Waals surface area contributed by atoms with Crippen LogP contribution in [0.3, 0.4) is 0 Å². The number of nitrogens with two attached hydrogens (primary N) is 1. The number of likely N-dealkylation sites (N-methyl/N-ethyl adjacent to an activating group) is 1. The van der Waals surface area contributed by atoms with E-state index in [1.54, 1.807) is 0 Å². The molecule has 17 heavy (non-hydrogen) atoms. The molecular weight excluding hydrogens is 210 g/mol. The Bertz CT molecular complexity index is 327. The monoisotopic (exact) mass is 235 g/mol. The van der Waals surface area contributed by atoms with E-state index in [1.807, 2.05) is 24.5 Å². The van der Waals surface area contributed by atoms with Crippen LogP contribution in [0.4, 0.5) is 0 Å². The van der Waals surface area contributed by atoms with Crippen molar-refractivity contribution in [2.24, 2.45) is 11.1 Å². The van der Waals surface area contributed by atoms with Gasteiger partial charge in [-0.05, 0) is 37.1 Å². The fourth-order valence-electron chi connectivity index (χ4n) is 2.37. The van der Waals surface area contributed by atoms with Crippen molar-refractivity contribution in [1.29, 1.82) is 0 Å². The molecule has 0 saturated heterocycles. The van der Waals surface area contributed by atoms with Crippen molar-refractivity contribution in [3.8, 4) is 0 Å². The van der Waals surface area contributed by atoms with Gasteiger partial charge in [0.15, 0.2) is 0 Å². The maximum atomic E-state index is 6.13. The van der Waals surface area contributed by atoms with E-state index in [4.69, 9.17) is 5.73 Å². The van der Waals surface area contributed by atoms with Crippen molar-refractivity contribution in [2.75, 3.05) is 13.6 Å². The smallest absolute Gasteiger partial charge is 0.0494 e. The molecule has 0 spiro atoms. The van der Waals surface area contributed by atoms with Crippen LogP contribution < -0.4 is 5.73 Å². The standard InChI is InChI=1S/C14H25N3/c1-11(15)13(12-6-8-16-9-7-12)17(5)10-14(2,3)4/h6-9,11,13H,10,15H2,1-5H3. The van der Waals surface area contributed by atoms with E-state index in [-0.39, 0.29) is 17.5 Å². The fraction of sp³-hybridized carbons (Fsp3) is 0.643. The molecule has 0 saturated carbocycles. The van der Waals surface area contributed by atoms with Gasteiger partial charge in [-0.15, -0.1) is 0 Å². The van der Waals surface area contributed by atoms with Gasteiger partial charge in [0.25, 0.3) is 0 Å². The van der Waals surface area contributed by atoms with E-state index in [9.17, 15) is 0 Å². The third kappa shape index (κ3) is 4.44. The summed E-state index contributed by atoms with van der Waals surface area (Å²) >= 11 is 0. The van der Waals surface area contributed by atoms with Crippen molar-refractivity contribution in [2.45, 2.75) is 39.8 Å². The van der Waals surface area contributed by atoms with Crippen LogP contribution in [-0.4, -0.2) is 29.5 Å². The molecule has 3 nitrogen and oxygen atoms in total. The molecule has 0 bridgehead atoms. The van der Waals surface area contributed by atoms with Crippen molar-refractivity contribution in [1.82, 2.24) is 9.88 Å². The molecule has 96 valence electrons. The summed E-state index contributed by atoms with van der Waals surface area (Å²) in [4.78, 5) is 6.40. The molecule has 0 aromatic carbocycles. The molecule has 1 aromatic heterocycles. The Morgan fingerprint density at radius 3 is 2.24 bits per heavy atom. The van der Waals surface area contributed by atoms with E-state index in [0.717, 1.165) is 6.54 Å². The summed E-state index contributed by atoms with van der Waals surface area (Å²) in [6, 6.07) is 4.45. The van der Waals surface area contributed by atoms with Gasteiger partial charge < -0.3 is 5.73 Å². The van der Waals surface area contributed by atoms with E-state index in [0.29, 0.717) is 0 Å². The second kappa shape index (κ2) is 5.61. The van der Waals surface area contributed by atoms with Crippen molar-refractivity contribution in [3.63, 3.8) is 0 Å². The SMILES string of the molecule is CC(N)C(c1ccncc1)N(C)CC(C)(C)C. The lowest BCUT2D eigenvalue weighted by atomic mass is 9.93. The Morgan fingerprint density at radius 1 is 1.29 bits per heavy atom. The molecule has 0 aliphatic carbocycles. The Kier molecular flexibility index (Phi) is 4.66. The Hall–Kier alpha value is -0.930. The largest absolute Gasteiger partial charge is 0.326 e. The number of rotatable bonds is 4. The molecule has 0 aliphatic heterocycles. The van der Waals surface area contributed by atoms with Gasteiger partial charge in [0.1, 0.15) is 0 Å². The molecule has 0 aliphatic rings. The zero-order chi connectivity index (χ0) is 13.1. The molecule has 1 rings (SSSR count). The molecule has 0 radical (unpaired) electrons. The highest BCUT2D eigenvalue weighted by molar-refractivity contribution is 5.17. The molecule has 0 amide bonds. The average molecular weight is 235 g/mol. The molecular formula is C14H25N3. The summed E-state index contributed by atoms with van der Waals surface area (Å²) in [5, 5.41) is 0. The Balaban J connectivity index is 2.87. The number of aromatic nitrogens is 1. The summed E-state index contributed by atoms with van der Waals surface area (Å²) < 4.78 is 0. The minimum Gasteiger partial charge on any atom is -0.326 e. The average Bonchev–Trinajstić information content (AvgIpc) is 2.15. The molecule has 2 unspecified atom stereocenters. The maximum absolute atomic E-state index is 6.13. The van der Waals surface area contributed by atoms with Gasteiger partial charge in [-0.2, -0.15) is 0 Å². The number of nitrogens with zero attached hydrogens (tertiary/aromatic N) is 2. The van der Waals surface area contributed by atoms with Crippen LogP contribution in [0.1, 0.15) is 39.3 Å². The lowest BCUT2D eigenvalue weighted by Crippen LogP contribution is -2.41. The lowest BCUT2D eigenvalue weighted by molar-refractivity contribution is 0.156. The first-order valence-electron chi connectivity index (χ1n) is 6.17. The molecule has 2 atom stereocenters. The third-order valence-corrected chi connectivity index (χ3v) is 2.74. The minimum absolute atomic E-state index is 0.102. The van der Waals surface area contributed by atoms with Crippen LogP contribution in [0, 0.1) is 5.41 Å². The second-order valence-corrected chi connectivity index (χ2v) is 6.06. The van der Waals surface area contributed by atoms with E-state index < -0.39 is 0 Å². The van der Waals surface area contributed by atoms with Crippen LogP contribution in [0.25, 0.3) is 0 Å². The van der Waals surface area contributed by atoms with Crippen LogP contribution in [0.15, 0.2) is 24.5 Å². The molecule has 1 aromatic rings. The number of hydrogen-bond acceptors (Lipinski definition) is 3. The minimum atomic E-state index is 0.102. The highest BCUT2D eigenvalue weighted by Gasteiger charge is 2.24. The quantitative estimate of drug-likeness (QED) is 0.871. The first-order chi connectivity index (χ1) is 7.81. The van der Waals surface area contributed by atoms with Gasteiger partial charge in [-0.3, -0.25) is 9.88 Å². The van der Waals surface area contributed by atoms with Gasteiger partial charge in [0, 0.05) is 31.0 Å². The molecule has 2 N–H and O–H groups in total. The van der Waals surface area contributed by atoms with Crippen LogP contribution in [0.5, 0.6) is 0 Å². The fourth-order valence-corrected chi connectivity index (χ4v) is 2.37. The van der Waals surface area contributed by atoms with Crippen molar-refractivity contribution >= 4 is 0 Å². The predicted molar refractivity (Wildman–Crippen MR) is 72.7 cm³/mol.